The van der Waals surface area contributed by atoms with Crippen LogP contribution in [0.2, 0.25) is 0 Å². The monoisotopic (exact) mass is 544 g/mol. The van der Waals surface area contributed by atoms with E-state index in [2.05, 4.69) is 10.4 Å². The number of aromatic carboxylic acids is 1. The lowest BCUT2D eigenvalue weighted by Gasteiger charge is -2.21. The molecule has 0 aliphatic carbocycles. The fraction of sp³-hybridized carbons (Fsp3) is 0.292. The number of carboxylic acids is 1. The molecule has 1 unspecified atom stereocenters. The van der Waals surface area contributed by atoms with Gasteiger partial charge in [-0.25, -0.2) is 13.9 Å². The zero-order valence-corrected chi connectivity index (χ0v) is 19.5. The Bertz CT molecular complexity index is 1400. The second-order valence-corrected chi connectivity index (χ2v) is 8.63. The second-order valence-electron chi connectivity index (χ2n) is 8.63. The van der Waals surface area contributed by atoms with Gasteiger partial charge in [-0.15, -0.1) is 0 Å². The lowest BCUT2D eigenvalue weighted by molar-refractivity contribution is -0.142. The van der Waals surface area contributed by atoms with E-state index in [1.165, 1.54) is 30.0 Å². The highest BCUT2D eigenvalue weighted by Crippen LogP contribution is 2.39. The number of carboxylic acid groups (broad SMARTS) is 1. The van der Waals surface area contributed by atoms with Crippen LogP contribution in [0.5, 0.6) is 0 Å². The highest BCUT2D eigenvalue weighted by atomic mass is 19.4. The number of aromatic nitrogens is 2. The maximum absolute atomic E-state index is 14.1. The molecule has 1 atom stereocenters. The molecule has 0 bridgehead atoms. The van der Waals surface area contributed by atoms with Gasteiger partial charge in [0.05, 0.1) is 23.7 Å². The Hall–Kier alpha value is -4.10. The number of alkyl halides is 6. The predicted octanol–water partition coefficient (Wildman–Crippen LogP) is 5.27. The lowest BCUT2D eigenvalue weighted by atomic mass is 10.0. The van der Waals surface area contributed by atoms with Crippen LogP contribution in [0.15, 0.2) is 42.5 Å². The van der Waals surface area contributed by atoms with Crippen LogP contribution < -0.4 is 10.2 Å². The summed E-state index contributed by atoms with van der Waals surface area (Å²) in [5.74, 6) is -4.01. The molecule has 2 N–H and O–H groups in total. The summed E-state index contributed by atoms with van der Waals surface area (Å²) in [6.07, 6.45) is -9.64. The Kier molecular flexibility index (Phi) is 6.84. The van der Waals surface area contributed by atoms with Gasteiger partial charge in [-0.05, 0) is 42.3 Å². The molecule has 1 aliphatic heterocycles. The van der Waals surface area contributed by atoms with E-state index in [0.29, 0.717) is 0 Å². The Morgan fingerprint density at radius 2 is 1.76 bits per heavy atom. The zero-order chi connectivity index (χ0) is 28.0. The Morgan fingerprint density at radius 1 is 1.05 bits per heavy atom. The van der Waals surface area contributed by atoms with Crippen LogP contribution in [0.4, 0.5) is 36.6 Å². The van der Waals surface area contributed by atoms with E-state index in [-0.39, 0.29) is 36.6 Å². The molecule has 1 aromatic heterocycles. The third-order valence-corrected chi connectivity index (χ3v) is 6.00. The number of hydrogen-bond donors (Lipinski definition) is 2. The first-order valence-corrected chi connectivity index (χ1v) is 11.1. The highest BCUT2D eigenvalue weighted by Gasteiger charge is 2.44. The SMILES string of the molecule is CC(NC(=O)c1c(C(F)(F)F)nn2c1N(Cc1cccc(C(F)(F)F)c1)CC2)c1ccc(C(=O)O)c(F)c1. The van der Waals surface area contributed by atoms with Crippen LogP contribution in [0.3, 0.4) is 0 Å². The average Bonchev–Trinajstić information content (AvgIpc) is 3.38. The van der Waals surface area contributed by atoms with Crippen molar-refractivity contribution in [1.29, 1.82) is 0 Å². The number of fused-ring (bicyclic) bond motifs is 1. The van der Waals surface area contributed by atoms with Gasteiger partial charge in [0.2, 0.25) is 0 Å². The van der Waals surface area contributed by atoms with Crippen molar-refractivity contribution < 1.29 is 45.4 Å². The maximum atomic E-state index is 14.1. The summed E-state index contributed by atoms with van der Waals surface area (Å²) in [5.41, 5.74) is -3.58. The third kappa shape index (κ3) is 5.29. The van der Waals surface area contributed by atoms with Crippen LogP contribution in [-0.4, -0.2) is 33.3 Å². The molecule has 4 rings (SSSR count). The molecule has 0 radical (unpaired) electrons. The number of hydrogen-bond acceptors (Lipinski definition) is 4. The number of halogens is 7. The summed E-state index contributed by atoms with van der Waals surface area (Å²) in [5, 5.41) is 14.9. The lowest BCUT2D eigenvalue weighted by Crippen LogP contribution is -2.31. The van der Waals surface area contributed by atoms with E-state index in [1.807, 2.05) is 0 Å². The normalized spacial score (nSPS) is 14.4. The van der Waals surface area contributed by atoms with Crippen molar-refractivity contribution in [1.82, 2.24) is 15.1 Å². The first-order chi connectivity index (χ1) is 17.7. The molecular formula is C24H19F7N4O3. The van der Waals surface area contributed by atoms with Crippen LogP contribution in [-0.2, 0) is 25.4 Å². The minimum Gasteiger partial charge on any atom is -0.478 e. The molecule has 1 amide bonds. The molecular weight excluding hydrogens is 525 g/mol. The summed E-state index contributed by atoms with van der Waals surface area (Å²) >= 11 is 0. The molecule has 7 nitrogen and oxygen atoms in total. The number of carbonyl (C=O) groups excluding carboxylic acids is 1. The summed E-state index contributed by atoms with van der Waals surface area (Å²) in [6, 6.07) is 6.30. The maximum Gasteiger partial charge on any atom is 0.436 e. The Labute approximate surface area is 210 Å². The fourth-order valence-corrected chi connectivity index (χ4v) is 4.21. The molecule has 0 saturated heterocycles. The van der Waals surface area contributed by atoms with Gasteiger partial charge in [-0.1, -0.05) is 18.2 Å². The summed E-state index contributed by atoms with van der Waals surface area (Å²) in [4.78, 5) is 25.5. The molecule has 0 fully saturated rings. The molecule has 38 heavy (non-hydrogen) atoms. The highest BCUT2D eigenvalue weighted by molar-refractivity contribution is 6.01. The standard InChI is InChI=1S/C24H19F7N4O3/c1-12(14-5-6-16(22(37)38)17(25)10-14)32-20(36)18-19(24(29,30)31)33-35-8-7-34(21(18)35)11-13-3-2-4-15(9-13)23(26,27)28/h2-6,9-10,12H,7-8,11H2,1H3,(H,32,36)(H,37,38). The van der Waals surface area contributed by atoms with Crippen molar-refractivity contribution in [3.05, 3.63) is 81.8 Å². The van der Waals surface area contributed by atoms with E-state index in [4.69, 9.17) is 5.11 Å². The average molecular weight is 544 g/mol. The number of rotatable bonds is 6. The van der Waals surface area contributed by atoms with Crippen molar-refractivity contribution >= 4 is 17.7 Å². The second kappa shape index (κ2) is 9.65. The molecule has 0 spiro atoms. The number of anilines is 1. The molecule has 0 saturated carbocycles. The van der Waals surface area contributed by atoms with Gasteiger partial charge in [0, 0.05) is 13.1 Å². The largest absolute Gasteiger partial charge is 0.478 e. The summed E-state index contributed by atoms with van der Waals surface area (Å²) in [6.45, 7) is 1.20. The number of amides is 1. The van der Waals surface area contributed by atoms with Crippen molar-refractivity contribution in [3.8, 4) is 0 Å². The number of carbonyl (C=O) groups is 2. The van der Waals surface area contributed by atoms with E-state index in [9.17, 15) is 40.3 Å². The van der Waals surface area contributed by atoms with E-state index < -0.39 is 58.5 Å². The van der Waals surface area contributed by atoms with E-state index in [1.54, 1.807) is 0 Å². The van der Waals surface area contributed by atoms with Crippen LogP contribution in [0.1, 0.15) is 56.1 Å². The topological polar surface area (TPSA) is 87.5 Å². The molecule has 2 aromatic carbocycles. The molecule has 1 aliphatic rings. The fourth-order valence-electron chi connectivity index (χ4n) is 4.21. The van der Waals surface area contributed by atoms with Gasteiger partial charge in [0.15, 0.2) is 5.69 Å². The van der Waals surface area contributed by atoms with Crippen LogP contribution in [0, 0.1) is 5.82 Å². The third-order valence-electron chi connectivity index (χ3n) is 6.00. The smallest absolute Gasteiger partial charge is 0.436 e. The summed E-state index contributed by atoms with van der Waals surface area (Å²) in [7, 11) is 0. The minimum atomic E-state index is -5.02. The Morgan fingerprint density at radius 3 is 2.37 bits per heavy atom. The van der Waals surface area contributed by atoms with Crippen LogP contribution >= 0.6 is 0 Å². The van der Waals surface area contributed by atoms with Gasteiger partial charge in [0.1, 0.15) is 17.2 Å². The molecule has 3 aromatic rings. The van der Waals surface area contributed by atoms with Gasteiger partial charge >= 0.3 is 18.3 Å². The Balaban J connectivity index is 1.66. The quantitative estimate of drug-likeness (QED) is 0.413. The summed E-state index contributed by atoms with van der Waals surface area (Å²) < 4.78 is 95.9. The van der Waals surface area contributed by atoms with Gasteiger partial charge in [-0.3, -0.25) is 4.79 Å². The van der Waals surface area contributed by atoms with E-state index in [0.717, 1.165) is 28.9 Å². The molecule has 14 heteroatoms. The van der Waals surface area contributed by atoms with Crippen LogP contribution in [0.25, 0.3) is 0 Å². The van der Waals surface area contributed by atoms with Gasteiger partial charge in [-0.2, -0.15) is 31.4 Å². The van der Waals surface area contributed by atoms with Crippen molar-refractivity contribution in [3.63, 3.8) is 0 Å². The van der Waals surface area contributed by atoms with Gasteiger partial charge in [0.25, 0.3) is 5.91 Å². The number of benzene rings is 2. The van der Waals surface area contributed by atoms with Crippen molar-refractivity contribution in [2.24, 2.45) is 0 Å². The van der Waals surface area contributed by atoms with Crippen molar-refractivity contribution in [2.75, 3.05) is 11.4 Å². The van der Waals surface area contributed by atoms with Gasteiger partial charge < -0.3 is 15.3 Å². The predicted molar refractivity (Wildman–Crippen MR) is 119 cm³/mol. The molecule has 2 heterocycles. The first kappa shape index (κ1) is 26.9. The number of nitrogens with zero attached hydrogens (tertiary/aromatic N) is 3. The van der Waals surface area contributed by atoms with Crippen molar-refractivity contribution in [2.45, 2.75) is 38.4 Å². The number of nitrogens with one attached hydrogen (secondary N) is 1. The minimum absolute atomic E-state index is 0.0396. The first-order valence-electron chi connectivity index (χ1n) is 11.1. The zero-order valence-electron chi connectivity index (χ0n) is 19.5. The van der Waals surface area contributed by atoms with E-state index >= 15 is 0 Å². The molecule has 202 valence electrons.